The highest BCUT2D eigenvalue weighted by Gasteiger charge is 2.27. The Hall–Kier alpha value is -2.54. The van der Waals surface area contributed by atoms with Crippen molar-refractivity contribution in [2.45, 2.75) is 6.92 Å². The van der Waals surface area contributed by atoms with Crippen molar-refractivity contribution in [3.05, 3.63) is 41.0 Å². The van der Waals surface area contributed by atoms with E-state index in [9.17, 15) is 9.59 Å². The van der Waals surface area contributed by atoms with E-state index in [0.717, 1.165) is 5.56 Å². The first-order valence-electron chi connectivity index (χ1n) is 8.51. The molecule has 1 aliphatic rings. The van der Waals surface area contributed by atoms with Crippen LogP contribution < -0.4 is 0 Å². The van der Waals surface area contributed by atoms with Crippen molar-refractivity contribution in [1.29, 1.82) is 0 Å². The molecule has 1 saturated heterocycles. The van der Waals surface area contributed by atoms with Crippen molar-refractivity contribution in [3.63, 3.8) is 0 Å². The molecular weight excluding hydrogens is 356 g/mol. The summed E-state index contributed by atoms with van der Waals surface area (Å²) in [6.07, 6.45) is -0.332. The molecule has 1 aromatic heterocycles. The minimum Gasteiger partial charge on any atom is -0.450 e. The van der Waals surface area contributed by atoms with Crippen molar-refractivity contribution in [2.75, 3.05) is 32.8 Å². The summed E-state index contributed by atoms with van der Waals surface area (Å²) in [5.41, 5.74) is 1.94. The zero-order valence-corrected chi connectivity index (χ0v) is 15.6. The molecule has 2 heterocycles. The summed E-state index contributed by atoms with van der Waals surface area (Å²) in [5.74, 6) is -0.109. The molecule has 0 saturated carbocycles. The third-order valence-corrected chi connectivity index (χ3v) is 4.67. The number of rotatable bonds is 3. The van der Waals surface area contributed by atoms with Crippen LogP contribution in [0.3, 0.4) is 0 Å². The molecule has 0 unspecified atom stereocenters. The van der Waals surface area contributed by atoms with E-state index in [0.29, 0.717) is 49.2 Å². The first-order chi connectivity index (χ1) is 12.5. The van der Waals surface area contributed by atoms with E-state index in [-0.39, 0.29) is 12.0 Å². The van der Waals surface area contributed by atoms with Gasteiger partial charge in [0.15, 0.2) is 0 Å². The number of carbonyl (C=O) groups is 2. The fraction of sp³-hybridized carbons (Fsp3) is 0.389. The number of carbonyl (C=O) groups excluding carboxylic acids is 2. The Balaban J connectivity index is 1.72. The van der Waals surface area contributed by atoms with E-state index in [1.807, 2.05) is 18.2 Å². The number of nitrogens with zero attached hydrogens (tertiary/aromatic N) is 4. The quantitative estimate of drug-likeness (QED) is 0.825. The van der Waals surface area contributed by atoms with E-state index < -0.39 is 0 Å². The lowest BCUT2D eigenvalue weighted by Crippen LogP contribution is -2.51. The highest BCUT2D eigenvalue weighted by molar-refractivity contribution is 6.33. The summed E-state index contributed by atoms with van der Waals surface area (Å²) in [7, 11) is 1.74. The maximum atomic E-state index is 12.8. The standard InChI is InChI=1S/C18H21ClN4O3/c1-3-26-18(25)23-10-8-22(9-11-23)17(24)16-12-15(20-21(16)2)13-6-4-5-7-14(13)19/h4-7,12H,3,8-11H2,1-2H3. The van der Waals surface area contributed by atoms with Gasteiger partial charge in [-0.2, -0.15) is 5.10 Å². The Labute approximate surface area is 157 Å². The van der Waals surface area contributed by atoms with Crippen molar-refractivity contribution < 1.29 is 14.3 Å². The second-order valence-corrected chi connectivity index (χ2v) is 6.40. The molecular formula is C18H21ClN4O3. The maximum Gasteiger partial charge on any atom is 0.409 e. The zero-order valence-electron chi connectivity index (χ0n) is 14.8. The van der Waals surface area contributed by atoms with E-state index in [1.165, 1.54) is 0 Å². The van der Waals surface area contributed by atoms with Gasteiger partial charge in [0.1, 0.15) is 5.69 Å². The molecule has 0 bridgehead atoms. The Bertz CT molecular complexity index is 813. The van der Waals surface area contributed by atoms with Gasteiger partial charge >= 0.3 is 6.09 Å². The van der Waals surface area contributed by atoms with E-state index >= 15 is 0 Å². The molecule has 26 heavy (non-hydrogen) atoms. The van der Waals surface area contributed by atoms with Gasteiger partial charge in [-0.15, -0.1) is 0 Å². The lowest BCUT2D eigenvalue weighted by molar-refractivity contribution is 0.0562. The lowest BCUT2D eigenvalue weighted by Gasteiger charge is -2.33. The fourth-order valence-corrected chi connectivity index (χ4v) is 3.17. The van der Waals surface area contributed by atoms with Crippen LogP contribution in [0.2, 0.25) is 5.02 Å². The highest BCUT2D eigenvalue weighted by Crippen LogP contribution is 2.27. The number of piperazine rings is 1. The predicted molar refractivity (Wildman–Crippen MR) is 98.2 cm³/mol. The minimum absolute atomic E-state index is 0.109. The molecule has 2 amide bonds. The van der Waals surface area contributed by atoms with E-state index in [4.69, 9.17) is 16.3 Å². The summed E-state index contributed by atoms with van der Waals surface area (Å²) in [5, 5.41) is 5.02. The average Bonchev–Trinajstić information content (AvgIpc) is 3.03. The molecule has 0 spiro atoms. The van der Waals surface area contributed by atoms with Crippen LogP contribution in [-0.4, -0.2) is 64.4 Å². The molecule has 8 heteroatoms. The van der Waals surface area contributed by atoms with Gasteiger partial charge in [-0.25, -0.2) is 4.79 Å². The van der Waals surface area contributed by atoms with Crippen LogP contribution in [0, 0.1) is 0 Å². The first-order valence-corrected chi connectivity index (χ1v) is 8.89. The summed E-state index contributed by atoms with van der Waals surface area (Å²) in [6.45, 7) is 3.96. The van der Waals surface area contributed by atoms with Gasteiger partial charge in [0, 0.05) is 38.8 Å². The number of hydrogen-bond donors (Lipinski definition) is 0. The number of ether oxygens (including phenoxy) is 1. The number of aromatic nitrogens is 2. The summed E-state index contributed by atoms with van der Waals surface area (Å²) >= 11 is 6.23. The van der Waals surface area contributed by atoms with Gasteiger partial charge in [-0.1, -0.05) is 29.8 Å². The second kappa shape index (κ2) is 7.78. The number of aryl methyl sites for hydroxylation is 1. The molecule has 0 radical (unpaired) electrons. The number of benzene rings is 1. The fourth-order valence-electron chi connectivity index (χ4n) is 2.94. The molecule has 1 fully saturated rings. The summed E-state index contributed by atoms with van der Waals surface area (Å²) < 4.78 is 6.57. The van der Waals surface area contributed by atoms with E-state index in [1.54, 1.807) is 40.6 Å². The number of halogens is 1. The van der Waals surface area contributed by atoms with Crippen molar-refractivity contribution in [2.24, 2.45) is 7.05 Å². The third-order valence-electron chi connectivity index (χ3n) is 4.34. The van der Waals surface area contributed by atoms with Crippen LogP contribution in [0.5, 0.6) is 0 Å². The smallest absolute Gasteiger partial charge is 0.409 e. The molecule has 1 aliphatic heterocycles. The molecule has 0 atom stereocenters. The predicted octanol–water partition coefficient (Wildman–Crippen LogP) is 2.65. The van der Waals surface area contributed by atoms with Crippen LogP contribution in [0.15, 0.2) is 30.3 Å². The maximum absolute atomic E-state index is 12.8. The number of amides is 2. The van der Waals surface area contributed by atoms with Gasteiger partial charge < -0.3 is 14.5 Å². The van der Waals surface area contributed by atoms with Gasteiger partial charge in [-0.3, -0.25) is 9.48 Å². The Morgan fingerprint density at radius 2 is 1.81 bits per heavy atom. The first kappa shape index (κ1) is 18.3. The van der Waals surface area contributed by atoms with Crippen LogP contribution >= 0.6 is 11.6 Å². The zero-order chi connectivity index (χ0) is 18.7. The molecule has 3 rings (SSSR count). The monoisotopic (exact) mass is 376 g/mol. The van der Waals surface area contributed by atoms with Crippen LogP contribution in [0.1, 0.15) is 17.4 Å². The van der Waals surface area contributed by atoms with Gasteiger partial charge in [0.05, 0.1) is 17.3 Å². The van der Waals surface area contributed by atoms with E-state index in [2.05, 4.69) is 5.10 Å². The van der Waals surface area contributed by atoms with Crippen molar-refractivity contribution in [3.8, 4) is 11.3 Å². The van der Waals surface area contributed by atoms with Crippen LogP contribution in [0.4, 0.5) is 4.79 Å². The van der Waals surface area contributed by atoms with Crippen LogP contribution in [-0.2, 0) is 11.8 Å². The Morgan fingerprint density at radius 1 is 1.15 bits per heavy atom. The minimum atomic E-state index is -0.332. The van der Waals surface area contributed by atoms with Crippen LogP contribution in [0.25, 0.3) is 11.3 Å². The summed E-state index contributed by atoms with van der Waals surface area (Å²) in [4.78, 5) is 28.0. The largest absolute Gasteiger partial charge is 0.450 e. The van der Waals surface area contributed by atoms with Gasteiger partial charge in [0.2, 0.25) is 0 Å². The molecule has 7 nitrogen and oxygen atoms in total. The van der Waals surface area contributed by atoms with Gasteiger partial charge in [-0.05, 0) is 19.1 Å². The normalized spacial score (nSPS) is 14.4. The molecule has 138 valence electrons. The summed E-state index contributed by atoms with van der Waals surface area (Å²) in [6, 6.07) is 9.15. The highest BCUT2D eigenvalue weighted by atomic mass is 35.5. The van der Waals surface area contributed by atoms with Crippen molar-refractivity contribution >= 4 is 23.6 Å². The molecule has 0 aliphatic carbocycles. The lowest BCUT2D eigenvalue weighted by atomic mass is 10.1. The Morgan fingerprint density at radius 3 is 2.46 bits per heavy atom. The molecule has 1 aromatic carbocycles. The topological polar surface area (TPSA) is 67.7 Å². The third kappa shape index (κ3) is 3.67. The SMILES string of the molecule is CCOC(=O)N1CCN(C(=O)c2cc(-c3ccccc3Cl)nn2C)CC1. The second-order valence-electron chi connectivity index (χ2n) is 6.00. The molecule has 2 aromatic rings. The number of hydrogen-bond acceptors (Lipinski definition) is 4. The average molecular weight is 377 g/mol. The Kier molecular flexibility index (Phi) is 5.46. The molecule has 0 N–H and O–H groups in total. The van der Waals surface area contributed by atoms with Crippen molar-refractivity contribution in [1.82, 2.24) is 19.6 Å². The van der Waals surface area contributed by atoms with Gasteiger partial charge in [0.25, 0.3) is 5.91 Å².